The lowest BCUT2D eigenvalue weighted by atomic mass is 9.78. The third-order valence-corrected chi connectivity index (χ3v) is 8.10. The van der Waals surface area contributed by atoms with Gasteiger partial charge in [0.05, 0.1) is 5.56 Å². The van der Waals surface area contributed by atoms with E-state index >= 15 is 0 Å². The SMILES string of the molecule is Cc1ccccc1-c1cc2c3c([n+]1C)-c1ccccc1C3C1=C2C(C)(C)c2ccccc21. The molecule has 32 heavy (non-hydrogen) atoms. The Kier molecular flexibility index (Phi) is 3.33. The summed E-state index contributed by atoms with van der Waals surface area (Å²) in [5.41, 5.74) is 17.1. The van der Waals surface area contributed by atoms with Gasteiger partial charge < -0.3 is 0 Å². The first-order chi connectivity index (χ1) is 15.5. The summed E-state index contributed by atoms with van der Waals surface area (Å²) >= 11 is 0. The van der Waals surface area contributed by atoms with Crippen LogP contribution in [0.25, 0.3) is 33.7 Å². The maximum absolute atomic E-state index is 2.48. The van der Waals surface area contributed by atoms with Gasteiger partial charge in [0.15, 0.2) is 0 Å². The quantitative estimate of drug-likeness (QED) is 0.302. The van der Waals surface area contributed by atoms with Crippen molar-refractivity contribution < 1.29 is 4.57 Å². The fourth-order valence-electron chi connectivity index (χ4n) is 6.75. The van der Waals surface area contributed by atoms with Gasteiger partial charge in [0.2, 0.25) is 11.4 Å². The summed E-state index contributed by atoms with van der Waals surface area (Å²) in [6.45, 7) is 7.04. The third kappa shape index (κ3) is 1.98. The number of benzene rings is 3. The van der Waals surface area contributed by atoms with Crippen molar-refractivity contribution in [2.75, 3.05) is 0 Å². The molecule has 1 heterocycles. The molecule has 1 nitrogen and oxygen atoms in total. The van der Waals surface area contributed by atoms with Gasteiger partial charge in [-0.2, -0.15) is 4.57 Å². The normalized spacial score (nSPS) is 18.4. The minimum absolute atomic E-state index is 0.00189. The first-order valence-corrected chi connectivity index (χ1v) is 11.6. The number of aromatic nitrogens is 1. The Balaban J connectivity index is 1.64. The summed E-state index contributed by atoms with van der Waals surface area (Å²) in [6.07, 6.45) is 0. The van der Waals surface area contributed by atoms with E-state index in [4.69, 9.17) is 0 Å². The van der Waals surface area contributed by atoms with Crippen molar-refractivity contribution in [2.24, 2.45) is 7.05 Å². The van der Waals surface area contributed by atoms with Crippen LogP contribution in [0.5, 0.6) is 0 Å². The van der Waals surface area contributed by atoms with Gasteiger partial charge in [0, 0.05) is 28.5 Å². The number of aryl methyl sites for hydroxylation is 1. The van der Waals surface area contributed by atoms with Crippen LogP contribution in [0.4, 0.5) is 0 Å². The number of hydrogen-bond acceptors (Lipinski definition) is 0. The van der Waals surface area contributed by atoms with Crippen molar-refractivity contribution in [3.05, 3.63) is 112 Å². The molecule has 154 valence electrons. The summed E-state index contributed by atoms with van der Waals surface area (Å²) in [4.78, 5) is 0. The molecule has 1 aromatic heterocycles. The zero-order valence-electron chi connectivity index (χ0n) is 19.0. The predicted molar refractivity (Wildman–Crippen MR) is 131 cm³/mol. The highest BCUT2D eigenvalue weighted by atomic mass is 15.0. The van der Waals surface area contributed by atoms with Gasteiger partial charge >= 0.3 is 0 Å². The molecular weight excluding hydrogens is 386 g/mol. The molecule has 3 aliphatic rings. The van der Waals surface area contributed by atoms with Crippen LogP contribution in [0, 0.1) is 6.92 Å². The van der Waals surface area contributed by atoms with Crippen molar-refractivity contribution >= 4 is 11.1 Å². The minimum atomic E-state index is 0.00189. The molecule has 4 aromatic rings. The van der Waals surface area contributed by atoms with Crippen LogP contribution in [0.3, 0.4) is 0 Å². The Morgan fingerprint density at radius 3 is 2.19 bits per heavy atom. The Hall–Kier alpha value is -3.45. The van der Waals surface area contributed by atoms with Crippen LogP contribution in [-0.2, 0) is 12.5 Å². The minimum Gasteiger partial charge on any atom is -0.194 e. The summed E-state index contributed by atoms with van der Waals surface area (Å²) in [5.74, 6) is 0.339. The average molecular weight is 413 g/mol. The second kappa shape index (κ2) is 5.86. The molecule has 0 fully saturated rings. The van der Waals surface area contributed by atoms with E-state index in [0.29, 0.717) is 5.92 Å². The zero-order chi connectivity index (χ0) is 21.8. The molecule has 0 aliphatic heterocycles. The van der Waals surface area contributed by atoms with Crippen LogP contribution in [-0.4, -0.2) is 0 Å². The third-order valence-electron chi connectivity index (χ3n) is 8.10. The van der Waals surface area contributed by atoms with Gasteiger partial charge in [-0.25, -0.2) is 0 Å². The molecule has 7 rings (SSSR count). The summed E-state index contributed by atoms with van der Waals surface area (Å²) in [6, 6.07) is 29.4. The topological polar surface area (TPSA) is 3.88 Å². The maximum Gasteiger partial charge on any atom is 0.217 e. The predicted octanol–water partition coefficient (Wildman–Crippen LogP) is 6.81. The standard InChI is InChI=1S/C31H26N/c1-18-11-5-6-12-19(18)25-17-23-28-26(20-13-7-8-14-21(20)30(28)32(25)4)27-22-15-9-10-16-24(22)31(2,3)29(23)27/h5-17,26H,1-4H3/q+1. The van der Waals surface area contributed by atoms with E-state index in [9.17, 15) is 0 Å². The number of nitrogens with zero attached hydrogens (tertiary/aromatic N) is 1. The highest BCUT2D eigenvalue weighted by Crippen LogP contribution is 2.66. The Labute approximate surface area is 189 Å². The average Bonchev–Trinajstić information content (AvgIpc) is 3.39. The Bertz CT molecular complexity index is 1520. The highest BCUT2D eigenvalue weighted by molar-refractivity contribution is 6.12. The zero-order valence-corrected chi connectivity index (χ0v) is 19.0. The second-order valence-corrected chi connectivity index (χ2v) is 10.1. The monoisotopic (exact) mass is 412 g/mol. The number of pyridine rings is 1. The molecule has 0 spiro atoms. The highest BCUT2D eigenvalue weighted by Gasteiger charge is 2.53. The van der Waals surface area contributed by atoms with E-state index in [1.165, 1.54) is 67.0 Å². The van der Waals surface area contributed by atoms with Gasteiger partial charge in [-0.1, -0.05) is 74.5 Å². The van der Waals surface area contributed by atoms with Crippen LogP contribution in [0.1, 0.15) is 53.1 Å². The van der Waals surface area contributed by atoms with Gasteiger partial charge in [-0.3, -0.25) is 0 Å². The molecule has 0 radical (unpaired) electrons. The first kappa shape index (κ1) is 18.2. The summed E-state index contributed by atoms with van der Waals surface area (Å²) in [7, 11) is 2.25. The van der Waals surface area contributed by atoms with E-state index in [0.717, 1.165) is 0 Å². The summed E-state index contributed by atoms with van der Waals surface area (Å²) < 4.78 is 2.45. The molecule has 1 unspecified atom stereocenters. The largest absolute Gasteiger partial charge is 0.217 e. The molecule has 1 heteroatoms. The lowest BCUT2D eigenvalue weighted by Crippen LogP contribution is -2.35. The molecule has 0 bridgehead atoms. The Morgan fingerprint density at radius 2 is 1.41 bits per heavy atom. The van der Waals surface area contributed by atoms with Gasteiger partial charge in [-0.15, -0.1) is 0 Å². The lowest BCUT2D eigenvalue weighted by Gasteiger charge is -2.25. The van der Waals surface area contributed by atoms with E-state index in [2.05, 4.69) is 111 Å². The van der Waals surface area contributed by atoms with E-state index in [-0.39, 0.29) is 5.41 Å². The number of hydrogen-bond donors (Lipinski definition) is 0. The summed E-state index contributed by atoms with van der Waals surface area (Å²) in [5, 5.41) is 0. The fraction of sp³-hybridized carbons (Fsp3) is 0.194. The smallest absolute Gasteiger partial charge is 0.194 e. The number of fused-ring (bicyclic) bond motifs is 7. The van der Waals surface area contributed by atoms with Crippen LogP contribution >= 0.6 is 0 Å². The maximum atomic E-state index is 2.48. The number of allylic oxidation sites excluding steroid dienone is 2. The van der Waals surface area contributed by atoms with Crippen LogP contribution < -0.4 is 4.57 Å². The van der Waals surface area contributed by atoms with Gasteiger partial charge in [0.25, 0.3) is 0 Å². The first-order valence-electron chi connectivity index (χ1n) is 11.6. The molecule has 3 aliphatic carbocycles. The van der Waals surface area contributed by atoms with E-state index in [1.807, 2.05) is 0 Å². The molecule has 0 N–H and O–H groups in total. The fourth-order valence-corrected chi connectivity index (χ4v) is 6.75. The molecule has 0 saturated carbocycles. The molecule has 1 atom stereocenters. The van der Waals surface area contributed by atoms with Gasteiger partial charge in [0.1, 0.15) is 7.05 Å². The van der Waals surface area contributed by atoms with Crippen molar-refractivity contribution in [1.82, 2.24) is 0 Å². The van der Waals surface area contributed by atoms with Gasteiger partial charge in [-0.05, 0) is 58.0 Å². The van der Waals surface area contributed by atoms with Crippen LogP contribution in [0.15, 0.2) is 78.9 Å². The molecule has 0 saturated heterocycles. The lowest BCUT2D eigenvalue weighted by molar-refractivity contribution is -0.649. The number of rotatable bonds is 1. The molecule has 0 amide bonds. The Morgan fingerprint density at radius 1 is 0.750 bits per heavy atom. The van der Waals surface area contributed by atoms with Crippen LogP contribution in [0.2, 0.25) is 0 Å². The van der Waals surface area contributed by atoms with E-state index < -0.39 is 0 Å². The molecular formula is C31H26N+. The van der Waals surface area contributed by atoms with Crippen molar-refractivity contribution in [2.45, 2.75) is 32.1 Å². The van der Waals surface area contributed by atoms with Crippen molar-refractivity contribution in [3.8, 4) is 22.5 Å². The van der Waals surface area contributed by atoms with Crippen molar-refractivity contribution in [3.63, 3.8) is 0 Å². The second-order valence-electron chi connectivity index (χ2n) is 10.1. The molecule has 3 aromatic carbocycles. The van der Waals surface area contributed by atoms with Crippen molar-refractivity contribution in [1.29, 1.82) is 0 Å². The van der Waals surface area contributed by atoms with E-state index in [1.54, 1.807) is 0 Å².